The Hall–Kier alpha value is -0.930. The van der Waals surface area contributed by atoms with Crippen molar-refractivity contribution in [1.82, 2.24) is 10.2 Å². The van der Waals surface area contributed by atoms with Crippen molar-refractivity contribution in [2.75, 3.05) is 19.6 Å². The van der Waals surface area contributed by atoms with E-state index in [1.807, 2.05) is 6.07 Å². The fourth-order valence-electron chi connectivity index (χ4n) is 2.86. The summed E-state index contributed by atoms with van der Waals surface area (Å²) in [6.07, 6.45) is 3.66. The molecule has 0 saturated carbocycles. The molecule has 0 bridgehead atoms. The molecular formula is C16H25FN2. The Labute approximate surface area is 116 Å². The maximum Gasteiger partial charge on any atom is 0.123 e. The molecule has 1 aromatic carbocycles. The number of hydrogen-bond donors (Lipinski definition) is 1. The molecule has 0 spiro atoms. The van der Waals surface area contributed by atoms with Crippen LogP contribution in [0.4, 0.5) is 4.39 Å². The number of rotatable bonds is 4. The van der Waals surface area contributed by atoms with E-state index in [1.165, 1.54) is 38.4 Å². The van der Waals surface area contributed by atoms with Crippen LogP contribution >= 0.6 is 0 Å². The van der Waals surface area contributed by atoms with Gasteiger partial charge >= 0.3 is 0 Å². The molecule has 106 valence electrons. The predicted octanol–water partition coefficient (Wildman–Crippen LogP) is 3.35. The third-order valence-electron chi connectivity index (χ3n) is 4.10. The molecule has 0 aliphatic carbocycles. The smallest absolute Gasteiger partial charge is 0.123 e. The first-order chi connectivity index (χ1) is 9.19. The largest absolute Gasteiger partial charge is 0.307 e. The second-order valence-corrected chi connectivity index (χ2v) is 5.51. The molecule has 2 unspecified atom stereocenters. The summed E-state index contributed by atoms with van der Waals surface area (Å²) in [5, 5.41) is 3.65. The lowest BCUT2D eigenvalue weighted by atomic mass is 10.0. The highest BCUT2D eigenvalue weighted by molar-refractivity contribution is 5.19. The van der Waals surface area contributed by atoms with Gasteiger partial charge in [-0.05, 0) is 63.5 Å². The van der Waals surface area contributed by atoms with E-state index in [1.54, 1.807) is 12.1 Å². The SMILES string of the molecule is CCN1CCCC(NC(C)c2cccc(F)c2)CC1. The summed E-state index contributed by atoms with van der Waals surface area (Å²) in [5.41, 5.74) is 1.04. The first-order valence-electron chi connectivity index (χ1n) is 7.43. The van der Waals surface area contributed by atoms with E-state index in [2.05, 4.69) is 24.1 Å². The van der Waals surface area contributed by atoms with E-state index in [0.717, 1.165) is 12.1 Å². The van der Waals surface area contributed by atoms with Gasteiger partial charge in [0.15, 0.2) is 0 Å². The van der Waals surface area contributed by atoms with Crippen LogP contribution in [0.2, 0.25) is 0 Å². The van der Waals surface area contributed by atoms with Gasteiger partial charge in [0.05, 0.1) is 0 Å². The van der Waals surface area contributed by atoms with Crippen molar-refractivity contribution < 1.29 is 4.39 Å². The molecular weight excluding hydrogens is 239 g/mol. The summed E-state index contributed by atoms with van der Waals surface area (Å²) in [7, 11) is 0. The summed E-state index contributed by atoms with van der Waals surface area (Å²) in [4.78, 5) is 2.51. The number of nitrogens with one attached hydrogen (secondary N) is 1. The standard InChI is InChI=1S/C16H25FN2/c1-3-19-10-5-8-16(9-11-19)18-13(2)14-6-4-7-15(17)12-14/h4,6-7,12-13,16,18H,3,5,8-11H2,1-2H3. The molecule has 2 nitrogen and oxygen atoms in total. The van der Waals surface area contributed by atoms with E-state index in [9.17, 15) is 4.39 Å². The summed E-state index contributed by atoms with van der Waals surface area (Å²) < 4.78 is 13.2. The monoisotopic (exact) mass is 264 g/mol. The highest BCUT2D eigenvalue weighted by atomic mass is 19.1. The first-order valence-corrected chi connectivity index (χ1v) is 7.43. The minimum absolute atomic E-state index is 0.149. The third-order valence-corrected chi connectivity index (χ3v) is 4.10. The van der Waals surface area contributed by atoms with Gasteiger partial charge in [0.1, 0.15) is 5.82 Å². The zero-order valence-electron chi connectivity index (χ0n) is 12.0. The minimum Gasteiger partial charge on any atom is -0.307 e. The van der Waals surface area contributed by atoms with Gasteiger partial charge < -0.3 is 10.2 Å². The van der Waals surface area contributed by atoms with Crippen LogP contribution in [-0.2, 0) is 0 Å². The van der Waals surface area contributed by atoms with Crippen LogP contribution in [0.15, 0.2) is 24.3 Å². The molecule has 0 aromatic heterocycles. The van der Waals surface area contributed by atoms with Crippen LogP contribution in [0.3, 0.4) is 0 Å². The molecule has 2 atom stereocenters. The topological polar surface area (TPSA) is 15.3 Å². The lowest BCUT2D eigenvalue weighted by molar-refractivity contribution is 0.295. The van der Waals surface area contributed by atoms with Crippen LogP contribution in [0, 0.1) is 5.82 Å². The van der Waals surface area contributed by atoms with Crippen LogP contribution in [0.5, 0.6) is 0 Å². The predicted molar refractivity (Wildman–Crippen MR) is 77.7 cm³/mol. The normalized spacial score (nSPS) is 23.0. The average molecular weight is 264 g/mol. The van der Waals surface area contributed by atoms with Gasteiger partial charge in [-0.3, -0.25) is 0 Å². The molecule has 1 aromatic rings. The number of hydrogen-bond acceptors (Lipinski definition) is 2. The third kappa shape index (κ3) is 4.29. The molecule has 1 heterocycles. The molecule has 3 heteroatoms. The van der Waals surface area contributed by atoms with Crippen molar-refractivity contribution in [3.63, 3.8) is 0 Å². The van der Waals surface area contributed by atoms with Crippen molar-refractivity contribution in [2.45, 2.75) is 45.2 Å². The lowest BCUT2D eigenvalue weighted by Gasteiger charge is -2.23. The Bertz CT molecular complexity index is 394. The fourth-order valence-corrected chi connectivity index (χ4v) is 2.86. The van der Waals surface area contributed by atoms with Gasteiger partial charge in [0.25, 0.3) is 0 Å². The molecule has 1 aliphatic heterocycles. The summed E-state index contributed by atoms with van der Waals surface area (Å²) in [6.45, 7) is 7.87. The van der Waals surface area contributed by atoms with Gasteiger partial charge in [0, 0.05) is 12.1 Å². The van der Waals surface area contributed by atoms with Crippen molar-refractivity contribution >= 4 is 0 Å². The molecule has 19 heavy (non-hydrogen) atoms. The first kappa shape index (κ1) is 14.5. The van der Waals surface area contributed by atoms with Crippen molar-refractivity contribution in [2.24, 2.45) is 0 Å². The Kier molecular flexibility index (Phi) is 5.34. The molecule has 1 N–H and O–H groups in total. The van der Waals surface area contributed by atoms with Crippen LogP contribution in [0.25, 0.3) is 0 Å². The van der Waals surface area contributed by atoms with Gasteiger partial charge in [-0.1, -0.05) is 19.1 Å². The second kappa shape index (κ2) is 7.01. The Morgan fingerprint density at radius 2 is 2.21 bits per heavy atom. The van der Waals surface area contributed by atoms with Crippen LogP contribution in [-0.4, -0.2) is 30.6 Å². The maximum atomic E-state index is 13.2. The average Bonchev–Trinajstić information content (AvgIpc) is 2.64. The van der Waals surface area contributed by atoms with Gasteiger partial charge in [0.2, 0.25) is 0 Å². The van der Waals surface area contributed by atoms with E-state index in [-0.39, 0.29) is 11.9 Å². The van der Waals surface area contributed by atoms with Gasteiger partial charge in [-0.15, -0.1) is 0 Å². The highest BCUT2D eigenvalue weighted by Crippen LogP contribution is 2.18. The summed E-state index contributed by atoms with van der Waals surface area (Å²) in [6, 6.07) is 7.68. The fraction of sp³-hybridized carbons (Fsp3) is 0.625. The number of likely N-dealkylation sites (tertiary alicyclic amines) is 1. The van der Waals surface area contributed by atoms with E-state index >= 15 is 0 Å². The Balaban J connectivity index is 1.90. The van der Waals surface area contributed by atoms with Gasteiger partial charge in [-0.2, -0.15) is 0 Å². The molecule has 1 aliphatic rings. The molecule has 0 radical (unpaired) electrons. The highest BCUT2D eigenvalue weighted by Gasteiger charge is 2.18. The quantitative estimate of drug-likeness (QED) is 0.897. The van der Waals surface area contributed by atoms with Crippen LogP contribution < -0.4 is 5.32 Å². The zero-order valence-corrected chi connectivity index (χ0v) is 12.0. The number of benzene rings is 1. The maximum absolute atomic E-state index is 13.2. The summed E-state index contributed by atoms with van der Waals surface area (Å²) >= 11 is 0. The van der Waals surface area contributed by atoms with E-state index in [0.29, 0.717) is 6.04 Å². The minimum atomic E-state index is -0.149. The molecule has 2 rings (SSSR count). The van der Waals surface area contributed by atoms with E-state index < -0.39 is 0 Å². The second-order valence-electron chi connectivity index (χ2n) is 5.51. The van der Waals surface area contributed by atoms with Crippen molar-refractivity contribution in [3.05, 3.63) is 35.6 Å². The number of halogens is 1. The van der Waals surface area contributed by atoms with Gasteiger partial charge in [-0.25, -0.2) is 4.39 Å². The van der Waals surface area contributed by atoms with Crippen molar-refractivity contribution in [3.8, 4) is 0 Å². The Morgan fingerprint density at radius 1 is 1.37 bits per heavy atom. The molecule has 0 amide bonds. The zero-order chi connectivity index (χ0) is 13.7. The number of nitrogens with zero attached hydrogens (tertiary/aromatic N) is 1. The van der Waals surface area contributed by atoms with Crippen molar-refractivity contribution in [1.29, 1.82) is 0 Å². The summed E-state index contributed by atoms with van der Waals surface area (Å²) in [5.74, 6) is -0.149. The van der Waals surface area contributed by atoms with E-state index in [4.69, 9.17) is 0 Å². The lowest BCUT2D eigenvalue weighted by Crippen LogP contribution is -2.33. The van der Waals surface area contributed by atoms with Crippen LogP contribution in [0.1, 0.15) is 44.7 Å². The molecule has 1 fully saturated rings. The molecule has 1 saturated heterocycles. The Morgan fingerprint density at radius 3 is 2.95 bits per heavy atom.